The lowest BCUT2D eigenvalue weighted by Crippen LogP contribution is -2.55. The van der Waals surface area contributed by atoms with Crippen molar-refractivity contribution in [1.82, 2.24) is 40.4 Å². The second-order valence-electron chi connectivity index (χ2n) is 14.2. The van der Waals surface area contributed by atoms with Crippen LogP contribution < -0.4 is 10.6 Å². The molecule has 2 saturated heterocycles. The van der Waals surface area contributed by atoms with E-state index in [4.69, 9.17) is 14.5 Å². The number of H-pyrrole nitrogens is 2. The monoisotopic (exact) mass is 708 g/mol. The van der Waals surface area contributed by atoms with Crippen LogP contribution in [0.2, 0.25) is 0 Å². The number of benzene rings is 2. The molecule has 0 aliphatic carbocycles. The van der Waals surface area contributed by atoms with Crippen molar-refractivity contribution in [2.24, 2.45) is 0 Å². The van der Waals surface area contributed by atoms with Crippen LogP contribution >= 0.6 is 0 Å². The van der Waals surface area contributed by atoms with Gasteiger partial charge in [0, 0.05) is 24.2 Å². The van der Waals surface area contributed by atoms with Crippen molar-refractivity contribution in [2.45, 2.75) is 76.5 Å². The van der Waals surface area contributed by atoms with Crippen molar-refractivity contribution in [3.8, 4) is 23.1 Å². The molecule has 2 aliphatic heterocycles. The Labute approximate surface area is 302 Å². The summed E-state index contributed by atoms with van der Waals surface area (Å²) in [6, 6.07) is 13.2. The van der Waals surface area contributed by atoms with E-state index < -0.39 is 23.3 Å². The van der Waals surface area contributed by atoms with Crippen LogP contribution in [0.4, 0.5) is 9.59 Å². The van der Waals surface area contributed by atoms with Crippen LogP contribution in [0, 0.1) is 11.8 Å². The van der Waals surface area contributed by atoms with E-state index in [9.17, 15) is 19.2 Å². The molecule has 272 valence electrons. The third-order valence-corrected chi connectivity index (χ3v) is 9.57. The largest absolute Gasteiger partial charge is 0.453 e. The van der Waals surface area contributed by atoms with Gasteiger partial charge in [-0.1, -0.05) is 24.0 Å². The van der Waals surface area contributed by atoms with Gasteiger partial charge in [0.05, 0.1) is 49.2 Å². The number of methoxy groups -OCH3 is 2. The molecule has 0 saturated carbocycles. The highest BCUT2D eigenvalue weighted by Gasteiger charge is 2.42. The van der Waals surface area contributed by atoms with Gasteiger partial charge in [-0.05, 0) is 89.3 Å². The first-order valence-electron chi connectivity index (χ1n) is 17.3. The fourth-order valence-corrected chi connectivity index (χ4v) is 6.82. The fraction of sp³-hybridized carbons (Fsp3) is 0.421. The van der Waals surface area contributed by atoms with Gasteiger partial charge in [-0.3, -0.25) is 9.59 Å². The van der Waals surface area contributed by atoms with Crippen LogP contribution in [-0.2, 0) is 19.1 Å². The summed E-state index contributed by atoms with van der Waals surface area (Å²) in [4.78, 5) is 70.1. The maximum atomic E-state index is 13.4. The molecule has 52 heavy (non-hydrogen) atoms. The molecule has 4 N–H and O–H groups in total. The van der Waals surface area contributed by atoms with E-state index in [0.717, 1.165) is 59.1 Å². The molecule has 4 amide bonds. The average molecular weight is 709 g/mol. The number of hydrogen-bond acceptors (Lipinski definition) is 8. The summed E-state index contributed by atoms with van der Waals surface area (Å²) in [5, 5.41) is 5.25. The first kappa shape index (κ1) is 36.0. The highest BCUT2D eigenvalue weighted by molar-refractivity contribution is 5.90. The number of carbonyl (C=O) groups excluding carboxylic acids is 4. The second-order valence-corrected chi connectivity index (χ2v) is 14.2. The molecule has 0 radical (unpaired) electrons. The predicted molar refractivity (Wildman–Crippen MR) is 193 cm³/mol. The summed E-state index contributed by atoms with van der Waals surface area (Å²) in [6.07, 6.45) is 3.64. The number of imidazole rings is 2. The van der Waals surface area contributed by atoms with Gasteiger partial charge in [-0.15, -0.1) is 0 Å². The van der Waals surface area contributed by atoms with Gasteiger partial charge in [0.2, 0.25) is 11.8 Å². The SMILES string of the molecule is COC(=O)NC(C)(C)C(=O)N1CCCC1c1ncc(-c2ccc(C#Cc3ccc4nc(C5CCCN5C(=O)C(C)(C)NC(=O)OC)[nH]c4c3)cc2)[nH]1. The number of rotatable bonds is 7. The molecule has 4 heterocycles. The number of hydrogen-bond donors (Lipinski definition) is 4. The number of nitrogens with zero attached hydrogens (tertiary/aromatic N) is 4. The Morgan fingerprint density at radius 1 is 0.769 bits per heavy atom. The molecule has 2 aromatic heterocycles. The van der Waals surface area contributed by atoms with Crippen LogP contribution in [0.3, 0.4) is 0 Å². The van der Waals surface area contributed by atoms with Crippen LogP contribution in [-0.4, -0.2) is 92.1 Å². The Morgan fingerprint density at radius 3 is 1.88 bits per heavy atom. The molecule has 2 aliphatic rings. The maximum absolute atomic E-state index is 13.4. The van der Waals surface area contributed by atoms with Crippen molar-refractivity contribution >= 4 is 35.0 Å². The van der Waals surface area contributed by atoms with Crippen molar-refractivity contribution in [3.63, 3.8) is 0 Å². The Kier molecular flexibility index (Phi) is 9.97. The summed E-state index contributed by atoms with van der Waals surface area (Å²) in [6.45, 7) is 7.80. The molecule has 14 nitrogen and oxygen atoms in total. The number of ether oxygens (including phenoxy) is 2. The number of carbonyl (C=O) groups is 4. The minimum atomic E-state index is -1.13. The lowest BCUT2D eigenvalue weighted by molar-refractivity contribution is -0.138. The summed E-state index contributed by atoms with van der Waals surface area (Å²) in [7, 11) is 2.54. The molecule has 2 aromatic carbocycles. The van der Waals surface area contributed by atoms with Crippen molar-refractivity contribution in [2.75, 3.05) is 27.3 Å². The van der Waals surface area contributed by atoms with E-state index in [1.54, 1.807) is 43.7 Å². The Hall–Kier alpha value is -5.84. The van der Waals surface area contributed by atoms with Gasteiger partial charge in [0.1, 0.15) is 22.7 Å². The highest BCUT2D eigenvalue weighted by Crippen LogP contribution is 2.35. The number of nitrogens with one attached hydrogen (secondary N) is 4. The first-order chi connectivity index (χ1) is 24.8. The number of aromatic nitrogens is 4. The Balaban J connectivity index is 1.12. The molecule has 14 heteroatoms. The Morgan fingerprint density at radius 2 is 1.31 bits per heavy atom. The third-order valence-electron chi connectivity index (χ3n) is 9.57. The average Bonchev–Trinajstić information content (AvgIpc) is 3.95. The van der Waals surface area contributed by atoms with Gasteiger partial charge in [-0.2, -0.15) is 0 Å². The van der Waals surface area contributed by atoms with Crippen molar-refractivity contribution in [3.05, 3.63) is 71.4 Å². The predicted octanol–water partition coefficient (Wildman–Crippen LogP) is 4.95. The van der Waals surface area contributed by atoms with Gasteiger partial charge in [-0.25, -0.2) is 19.6 Å². The molecule has 0 bridgehead atoms. The summed E-state index contributed by atoms with van der Waals surface area (Å²) in [5.41, 5.74) is 2.76. The lowest BCUT2D eigenvalue weighted by atomic mass is 10.0. The molecule has 2 fully saturated rings. The van der Waals surface area contributed by atoms with E-state index in [-0.39, 0.29) is 23.9 Å². The second kappa shape index (κ2) is 14.4. The fourth-order valence-electron chi connectivity index (χ4n) is 6.82. The van der Waals surface area contributed by atoms with Crippen LogP contribution in [0.1, 0.15) is 88.2 Å². The zero-order chi connectivity index (χ0) is 37.2. The van der Waals surface area contributed by atoms with Crippen LogP contribution in [0.15, 0.2) is 48.7 Å². The zero-order valence-corrected chi connectivity index (χ0v) is 30.3. The zero-order valence-electron chi connectivity index (χ0n) is 30.3. The van der Waals surface area contributed by atoms with Gasteiger partial charge in [0.15, 0.2) is 0 Å². The highest BCUT2D eigenvalue weighted by atomic mass is 16.5. The number of likely N-dealkylation sites (tertiary alicyclic amines) is 2. The number of aromatic amines is 2. The molecule has 6 rings (SSSR count). The third kappa shape index (κ3) is 7.44. The van der Waals surface area contributed by atoms with Crippen LogP contribution in [0.25, 0.3) is 22.3 Å². The van der Waals surface area contributed by atoms with E-state index in [1.165, 1.54) is 14.2 Å². The van der Waals surface area contributed by atoms with Gasteiger partial charge < -0.3 is 39.9 Å². The normalized spacial score (nSPS) is 17.4. The quantitative estimate of drug-likeness (QED) is 0.195. The smallest absolute Gasteiger partial charge is 0.407 e. The molecule has 2 atom stereocenters. The first-order valence-corrected chi connectivity index (χ1v) is 17.3. The summed E-state index contributed by atoms with van der Waals surface area (Å²) in [5.74, 6) is 7.47. The standard InChI is InChI=1S/C38H44N8O6/c1-37(2,43-35(49)51-5)33(47)45-19-7-9-29(45)31-39-22-28(42-31)25-16-13-23(14-17-25)11-12-24-15-18-26-27(21-24)41-32(40-26)30-10-8-20-46(30)34(48)38(3,4)44-36(50)52-6/h13-18,21-22,29-30H,7-10,19-20H2,1-6H3,(H,39,42)(H,40,41)(H,43,49)(H,44,50). The molecular weight excluding hydrogens is 664 g/mol. The molecule has 2 unspecified atom stereocenters. The van der Waals surface area contributed by atoms with E-state index >= 15 is 0 Å². The van der Waals surface area contributed by atoms with Crippen LogP contribution in [0.5, 0.6) is 0 Å². The minimum absolute atomic E-state index is 0.198. The topological polar surface area (TPSA) is 175 Å². The summed E-state index contributed by atoms with van der Waals surface area (Å²) < 4.78 is 9.40. The van der Waals surface area contributed by atoms with E-state index in [0.29, 0.717) is 24.7 Å². The molecular formula is C38H44N8O6. The number of alkyl carbamates (subject to hydrolysis) is 2. The van der Waals surface area contributed by atoms with Crippen molar-refractivity contribution < 1.29 is 28.7 Å². The minimum Gasteiger partial charge on any atom is -0.453 e. The molecule has 0 spiro atoms. The Bertz CT molecular complexity index is 2050. The number of amides is 4. The molecule has 4 aromatic rings. The van der Waals surface area contributed by atoms with Gasteiger partial charge in [0.25, 0.3) is 0 Å². The number of fused-ring (bicyclic) bond motifs is 1. The van der Waals surface area contributed by atoms with E-state index in [2.05, 4.69) is 37.4 Å². The van der Waals surface area contributed by atoms with Crippen molar-refractivity contribution in [1.29, 1.82) is 0 Å². The van der Waals surface area contributed by atoms with E-state index in [1.807, 2.05) is 42.5 Å². The summed E-state index contributed by atoms with van der Waals surface area (Å²) >= 11 is 0. The lowest BCUT2D eigenvalue weighted by Gasteiger charge is -2.32. The maximum Gasteiger partial charge on any atom is 0.407 e. The van der Waals surface area contributed by atoms with Gasteiger partial charge >= 0.3 is 12.2 Å².